The zero-order valence-electron chi connectivity index (χ0n) is 9.73. The van der Waals surface area contributed by atoms with Gasteiger partial charge in [0.15, 0.2) is 0 Å². The van der Waals surface area contributed by atoms with E-state index in [4.69, 9.17) is 0 Å². The van der Waals surface area contributed by atoms with Gasteiger partial charge in [-0.15, -0.1) is 0 Å². The highest BCUT2D eigenvalue weighted by atomic mass is 15.2. The average molecular weight is 216 g/mol. The van der Waals surface area contributed by atoms with Crippen molar-refractivity contribution in [2.24, 2.45) is 0 Å². The summed E-state index contributed by atoms with van der Waals surface area (Å²) in [6, 6.07) is 11.8. The van der Waals surface area contributed by atoms with Crippen LogP contribution in [0.2, 0.25) is 0 Å². The van der Waals surface area contributed by atoms with E-state index in [1.807, 2.05) is 0 Å². The number of benzene rings is 1. The first kappa shape index (κ1) is 10.3. The normalized spacial score (nSPS) is 31.0. The predicted molar refractivity (Wildman–Crippen MR) is 66.6 cm³/mol. The van der Waals surface area contributed by atoms with Crippen molar-refractivity contribution in [2.75, 3.05) is 26.2 Å². The van der Waals surface area contributed by atoms with Crippen molar-refractivity contribution in [3.8, 4) is 0 Å². The van der Waals surface area contributed by atoms with Gasteiger partial charge in [0.1, 0.15) is 0 Å². The van der Waals surface area contributed by atoms with Gasteiger partial charge in [0, 0.05) is 25.0 Å². The first-order valence-electron chi connectivity index (χ1n) is 6.45. The fourth-order valence-electron chi connectivity index (χ4n) is 2.84. The fraction of sp³-hybridized carbons (Fsp3) is 0.571. The van der Waals surface area contributed by atoms with E-state index in [2.05, 4.69) is 40.5 Å². The van der Waals surface area contributed by atoms with Crippen molar-refractivity contribution >= 4 is 0 Å². The Balaban J connectivity index is 1.62. The lowest BCUT2D eigenvalue weighted by Crippen LogP contribution is -2.30. The molecule has 1 aliphatic carbocycles. The Morgan fingerprint density at radius 3 is 2.81 bits per heavy atom. The maximum atomic E-state index is 3.47. The summed E-state index contributed by atoms with van der Waals surface area (Å²) in [5, 5.41) is 3.47. The molecule has 0 amide bonds. The molecule has 2 atom stereocenters. The van der Waals surface area contributed by atoms with Crippen molar-refractivity contribution in [1.29, 1.82) is 0 Å². The molecule has 2 nitrogen and oxygen atoms in total. The molecular formula is C14H20N2. The zero-order valence-corrected chi connectivity index (χ0v) is 9.73. The molecule has 1 aromatic rings. The van der Waals surface area contributed by atoms with E-state index in [0.717, 1.165) is 18.5 Å². The maximum Gasteiger partial charge on any atom is 0.0171 e. The van der Waals surface area contributed by atoms with Gasteiger partial charge in [0.05, 0.1) is 0 Å². The number of rotatable bonds is 2. The minimum Gasteiger partial charge on any atom is -0.315 e. The summed E-state index contributed by atoms with van der Waals surface area (Å²) >= 11 is 0. The molecule has 0 bridgehead atoms. The van der Waals surface area contributed by atoms with Crippen LogP contribution in [0.25, 0.3) is 0 Å². The van der Waals surface area contributed by atoms with E-state index in [1.165, 1.54) is 38.0 Å². The lowest BCUT2D eigenvalue weighted by atomic mass is 10.1. The smallest absolute Gasteiger partial charge is 0.0171 e. The first-order valence-corrected chi connectivity index (χ1v) is 6.45. The van der Waals surface area contributed by atoms with Crippen molar-refractivity contribution in [3.05, 3.63) is 35.9 Å². The van der Waals surface area contributed by atoms with Crippen LogP contribution in [0, 0.1) is 0 Å². The summed E-state index contributed by atoms with van der Waals surface area (Å²) in [5.41, 5.74) is 1.53. The topological polar surface area (TPSA) is 15.3 Å². The molecule has 0 aromatic heterocycles. The average Bonchev–Trinajstić information content (AvgIpc) is 3.14. The van der Waals surface area contributed by atoms with Crippen LogP contribution in [-0.2, 0) is 0 Å². The Kier molecular flexibility index (Phi) is 2.94. The fourth-order valence-corrected chi connectivity index (χ4v) is 2.84. The minimum absolute atomic E-state index is 0.805. The second kappa shape index (κ2) is 4.56. The monoisotopic (exact) mass is 216 g/mol. The molecule has 3 rings (SSSR count). The molecule has 16 heavy (non-hydrogen) atoms. The Labute approximate surface area is 97.6 Å². The summed E-state index contributed by atoms with van der Waals surface area (Å²) in [6.45, 7) is 4.87. The molecule has 2 aliphatic rings. The second-order valence-corrected chi connectivity index (χ2v) is 4.96. The molecule has 1 saturated carbocycles. The van der Waals surface area contributed by atoms with Crippen molar-refractivity contribution < 1.29 is 0 Å². The lowest BCUT2D eigenvalue weighted by Gasteiger charge is -2.19. The standard InChI is InChI=1S/C14H20N2/c1-2-5-12(6-3-1)13-11-14(13)16-9-4-7-15-8-10-16/h1-3,5-6,13-15H,4,7-11H2. The molecule has 0 radical (unpaired) electrons. The van der Waals surface area contributed by atoms with Crippen molar-refractivity contribution in [3.63, 3.8) is 0 Å². The highest BCUT2D eigenvalue weighted by molar-refractivity contribution is 5.27. The number of hydrogen-bond donors (Lipinski definition) is 1. The third kappa shape index (κ3) is 2.13. The molecule has 2 unspecified atom stereocenters. The van der Waals surface area contributed by atoms with Crippen LogP contribution in [0.5, 0.6) is 0 Å². The van der Waals surface area contributed by atoms with Crippen molar-refractivity contribution in [2.45, 2.75) is 24.8 Å². The molecule has 1 aromatic carbocycles. The molecule has 0 spiro atoms. The lowest BCUT2D eigenvalue weighted by molar-refractivity contribution is 0.277. The van der Waals surface area contributed by atoms with Gasteiger partial charge in [0.2, 0.25) is 0 Å². The van der Waals surface area contributed by atoms with Gasteiger partial charge < -0.3 is 5.32 Å². The molecule has 1 aliphatic heterocycles. The van der Waals surface area contributed by atoms with Gasteiger partial charge in [-0.3, -0.25) is 4.90 Å². The van der Waals surface area contributed by atoms with E-state index in [9.17, 15) is 0 Å². The first-order chi connectivity index (χ1) is 7.95. The summed E-state index contributed by atoms with van der Waals surface area (Å²) < 4.78 is 0. The largest absolute Gasteiger partial charge is 0.315 e. The third-order valence-electron chi connectivity index (χ3n) is 3.83. The van der Waals surface area contributed by atoms with Gasteiger partial charge >= 0.3 is 0 Å². The van der Waals surface area contributed by atoms with Crippen LogP contribution in [0.4, 0.5) is 0 Å². The second-order valence-electron chi connectivity index (χ2n) is 4.96. The van der Waals surface area contributed by atoms with E-state index in [1.54, 1.807) is 0 Å². The van der Waals surface area contributed by atoms with Gasteiger partial charge in [0.25, 0.3) is 0 Å². The summed E-state index contributed by atoms with van der Waals surface area (Å²) in [5.74, 6) is 0.805. The van der Waals surface area contributed by atoms with E-state index < -0.39 is 0 Å². The summed E-state index contributed by atoms with van der Waals surface area (Å²) in [6.07, 6.45) is 2.67. The molecule has 1 saturated heterocycles. The quantitative estimate of drug-likeness (QED) is 0.811. The van der Waals surface area contributed by atoms with Gasteiger partial charge in [-0.1, -0.05) is 30.3 Å². The van der Waals surface area contributed by atoms with Crippen molar-refractivity contribution in [1.82, 2.24) is 10.2 Å². The molecule has 86 valence electrons. The highest BCUT2D eigenvalue weighted by Crippen LogP contribution is 2.44. The van der Waals surface area contributed by atoms with E-state index >= 15 is 0 Å². The van der Waals surface area contributed by atoms with Crippen LogP contribution in [0.3, 0.4) is 0 Å². The van der Waals surface area contributed by atoms with Crippen LogP contribution in [0.1, 0.15) is 24.3 Å². The number of nitrogens with one attached hydrogen (secondary N) is 1. The van der Waals surface area contributed by atoms with Gasteiger partial charge in [-0.25, -0.2) is 0 Å². The Morgan fingerprint density at radius 1 is 1.06 bits per heavy atom. The number of nitrogens with zero attached hydrogens (tertiary/aromatic N) is 1. The molecule has 2 heteroatoms. The Bertz CT molecular complexity index is 328. The SMILES string of the molecule is c1ccc(C2CC2N2CCCNCC2)cc1. The van der Waals surface area contributed by atoms with Gasteiger partial charge in [-0.05, 0) is 31.5 Å². The molecule has 2 fully saturated rings. The van der Waals surface area contributed by atoms with E-state index in [0.29, 0.717) is 0 Å². The summed E-state index contributed by atoms with van der Waals surface area (Å²) in [4.78, 5) is 2.68. The van der Waals surface area contributed by atoms with Crippen LogP contribution < -0.4 is 5.32 Å². The maximum absolute atomic E-state index is 3.47. The molecule has 1 N–H and O–H groups in total. The predicted octanol–water partition coefficient (Wildman–Crippen LogP) is 1.84. The van der Waals surface area contributed by atoms with Crippen LogP contribution in [0.15, 0.2) is 30.3 Å². The van der Waals surface area contributed by atoms with Crippen LogP contribution in [-0.4, -0.2) is 37.1 Å². The van der Waals surface area contributed by atoms with Crippen LogP contribution >= 0.6 is 0 Å². The number of hydrogen-bond acceptors (Lipinski definition) is 2. The molecule has 1 heterocycles. The summed E-state index contributed by atoms with van der Waals surface area (Å²) in [7, 11) is 0. The Morgan fingerprint density at radius 2 is 1.94 bits per heavy atom. The minimum atomic E-state index is 0.805. The van der Waals surface area contributed by atoms with E-state index in [-0.39, 0.29) is 0 Å². The Hall–Kier alpha value is -0.860. The molecular weight excluding hydrogens is 196 g/mol. The zero-order chi connectivity index (χ0) is 10.8. The highest BCUT2D eigenvalue weighted by Gasteiger charge is 2.42. The third-order valence-corrected chi connectivity index (χ3v) is 3.83. The van der Waals surface area contributed by atoms with Gasteiger partial charge in [-0.2, -0.15) is 0 Å².